The van der Waals surface area contributed by atoms with E-state index in [0.717, 1.165) is 12.1 Å². The van der Waals surface area contributed by atoms with Crippen LogP contribution in [0.1, 0.15) is 30.6 Å². The summed E-state index contributed by atoms with van der Waals surface area (Å²) in [6.07, 6.45) is 1.39. The molecule has 0 amide bonds. The second-order valence-corrected chi connectivity index (χ2v) is 8.22. The number of benzene rings is 1. The lowest BCUT2D eigenvalue weighted by Gasteiger charge is -2.16. The van der Waals surface area contributed by atoms with Crippen molar-refractivity contribution in [3.63, 3.8) is 0 Å². The lowest BCUT2D eigenvalue weighted by molar-refractivity contribution is 0.211. The minimum Gasteiger partial charge on any atom is -0.383 e. The summed E-state index contributed by atoms with van der Waals surface area (Å²) in [5, 5.41) is 11.3. The number of aromatic amines is 1. The predicted octanol–water partition coefficient (Wildman–Crippen LogP) is 3.73. The molecule has 0 unspecified atom stereocenters. The number of fused-ring (bicyclic) bond motifs is 1. The van der Waals surface area contributed by atoms with E-state index in [4.69, 9.17) is 11.6 Å². The molecule has 3 aromatic rings. The number of aliphatic hydroxyl groups excluding tert-OH is 1. The number of hydrogen-bond acceptors (Lipinski definition) is 4. The molecule has 1 aromatic carbocycles. The van der Waals surface area contributed by atoms with Gasteiger partial charge >= 0.3 is 0 Å². The SMILES string of the molecule is CCCS(=O)(=O)Nc1ccc(F)c([C@H](O)c2c[nH]c3ncc(Cl)cc23)c1F. The molecule has 0 saturated carbocycles. The minimum absolute atomic E-state index is 0.159. The van der Waals surface area contributed by atoms with Gasteiger partial charge in [-0.25, -0.2) is 22.2 Å². The fourth-order valence-electron chi connectivity index (χ4n) is 2.77. The van der Waals surface area contributed by atoms with Crippen LogP contribution in [0.5, 0.6) is 0 Å². The first-order valence-electron chi connectivity index (χ1n) is 8.02. The zero-order chi connectivity index (χ0) is 19.8. The first-order chi connectivity index (χ1) is 12.7. The van der Waals surface area contributed by atoms with Gasteiger partial charge in [0, 0.05) is 23.3 Å². The van der Waals surface area contributed by atoms with Crippen molar-refractivity contribution < 1.29 is 22.3 Å². The van der Waals surface area contributed by atoms with Gasteiger partial charge < -0.3 is 10.1 Å². The molecule has 6 nitrogen and oxygen atoms in total. The molecule has 0 fully saturated rings. The highest BCUT2D eigenvalue weighted by atomic mass is 35.5. The van der Waals surface area contributed by atoms with Crippen LogP contribution in [0, 0.1) is 11.6 Å². The van der Waals surface area contributed by atoms with Crippen molar-refractivity contribution in [1.82, 2.24) is 9.97 Å². The number of nitrogens with zero attached hydrogens (tertiary/aromatic N) is 1. The normalized spacial score (nSPS) is 13.1. The molecular weight excluding hydrogens is 400 g/mol. The van der Waals surface area contributed by atoms with Crippen molar-refractivity contribution >= 4 is 38.3 Å². The third-order valence-electron chi connectivity index (χ3n) is 3.96. The van der Waals surface area contributed by atoms with Crippen LogP contribution in [0.25, 0.3) is 11.0 Å². The average Bonchev–Trinajstić information content (AvgIpc) is 3.00. The number of H-pyrrole nitrogens is 1. The maximum atomic E-state index is 14.8. The van der Waals surface area contributed by atoms with E-state index in [0.29, 0.717) is 17.5 Å². The summed E-state index contributed by atoms with van der Waals surface area (Å²) in [6, 6.07) is 3.37. The van der Waals surface area contributed by atoms with Crippen LogP contribution in [-0.4, -0.2) is 29.2 Å². The molecule has 3 rings (SSSR count). The number of pyridine rings is 1. The van der Waals surface area contributed by atoms with Crippen LogP contribution < -0.4 is 4.72 Å². The Morgan fingerprint density at radius 2 is 2.11 bits per heavy atom. The summed E-state index contributed by atoms with van der Waals surface area (Å²) in [6.45, 7) is 1.66. The van der Waals surface area contributed by atoms with E-state index in [9.17, 15) is 22.3 Å². The summed E-state index contributed by atoms with van der Waals surface area (Å²) in [5.41, 5.74) is -0.567. The largest absolute Gasteiger partial charge is 0.383 e. The highest BCUT2D eigenvalue weighted by Gasteiger charge is 2.26. The standard InChI is InChI=1S/C17H16ClF2N3O3S/c1-2-5-27(25,26)23-13-4-3-12(19)14(15(13)20)16(24)11-8-22-17-10(11)6-9(18)7-21-17/h3-4,6-8,16,23-24H,2,5H2,1H3,(H,21,22)/t16-/m1/s1. The van der Waals surface area contributed by atoms with E-state index in [1.54, 1.807) is 6.92 Å². The maximum Gasteiger partial charge on any atom is 0.232 e. The Labute approximate surface area is 159 Å². The van der Waals surface area contributed by atoms with Gasteiger partial charge in [0.25, 0.3) is 0 Å². The van der Waals surface area contributed by atoms with Crippen LogP contribution in [-0.2, 0) is 10.0 Å². The molecule has 0 aliphatic rings. The zero-order valence-electron chi connectivity index (χ0n) is 14.1. The first-order valence-corrected chi connectivity index (χ1v) is 10.1. The highest BCUT2D eigenvalue weighted by Crippen LogP contribution is 2.34. The molecule has 144 valence electrons. The Morgan fingerprint density at radius 3 is 2.81 bits per heavy atom. The van der Waals surface area contributed by atoms with Crippen molar-refractivity contribution in [2.24, 2.45) is 0 Å². The summed E-state index contributed by atoms with van der Waals surface area (Å²) in [4.78, 5) is 6.82. The summed E-state index contributed by atoms with van der Waals surface area (Å²) in [5.74, 6) is -2.41. The average molecular weight is 416 g/mol. The van der Waals surface area contributed by atoms with E-state index in [1.165, 1.54) is 18.5 Å². The van der Waals surface area contributed by atoms with Crippen molar-refractivity contribution in [3.05, 3.63) is 58.4 Å². The van der Waals surface area contributed by atoms with Gasteiger partial charge in [-0.05, 0) is 24.6 Å². The summed E-state index contributed by atoms with van der Waals surface area (Å²) in [7, 11) is -3.78. The molecule has 3 N–H and O–H groups in total. The molecule has 0 aliphatic carbocycles. The Kier molecular flexibility index (Phi) is 5.36. The Morgan fingerprint density at radius 1 is 1.37 bits per heavy atom. The van der Waals surface area contributed by atoms with Crippen molar-refractivity contribution in [1.29, 1.82) is 0 Å². The summed E-state index contributed by atoms with van der Waals surface area (Å²) < 4.78 is 55.0. The Bertz CT molecular complexity index is 1100. The predicted molar refractivity (Wildman–Crippen MR) is 99.2 cm³/mol. The van der Waals surface area contributed by atoms with Crippen molar-refractivity contribution in [2.75, 3.05) is 10.5 Å². The van der Waals surface area contributed by atoms with Gasteiger partial charge in [-0.3, -0.25) is 4.72 Å². The number of rotatable bonds is 6. The number of anilines is 1. The highest BCUT2D eigenvalue weighted by molar-refractivity contribution is 7.92. The third-order valence-corrected chi connectivity index (χ3v) is 5.65. The van der Waals surface area contributed by atoms with Gasteiger partial charge in [-0.1, -0.05) is 18.5 Å². The van der Waals surface area contributed by atoms with Gasteiger partial charge in [-0.2, -0.15) is 0 Å². The van der Waals surface area contributed by atoms with Gasteiger partial charge in [0.2, 0.25) is 10.0 Å². The number of aromatic nitrogens is 2. The van der Waals surface area contributed by atoms with Crippen LogP contribution in [0.4, 0.5) is 14.5 Å². The molecule has 2 heterocycles. The van der Waals surface area contributed by atoms with Gasteiger partial charge in [0.1, 0.15) is 17.6 Å². The molecule has 0 aliphatic heterocycles. The van der Waals surface area contributed by atoms with Crippen molar-refractivity contribution in [2.45, 2.75) is 19.4 Å². The quantitative estimate of drug-likeness (QED) is 0.571. The summed E-state index contributed by atoms with van der Waals surface area (Å²) >= 11 is 5.91. The molecule has 1 atom stereocenters. The van der Waals surface area contributed by atoms with Crippen molar-refractivity contribution in [3.8, 4) is 0 Å². The first kappa shape index (κ1) is 19.5. The van der Waals surface area contributed by atoms with Crippen LogP contribution in [0.15, 0.2) is 30.6 Å². The fourth-order valence-corrected chi connectivity index (χ4v) is 4.06. The van der Waals surface area contributed by atoms with Crippen LogP contribution in [0.2, 0.25) is 5.02 Å². The second-order valence-electron chi connectivity index (χ2n) is 5.94. The molecule has 2 aromatic heterocycles. The van der Waals surface area contributed by atoms with Crippen LogP contribution >= 0.6 is 11.6 Å². The van der Waals surface area contributed by atoms with E-state index in [-0.39, 0.29) is 16.3 Å². The number of hydrogen-bond donors (Lipinski definition) is 3. The second kappa shape index (κ2) is 7.41. The maximum absolute atomic E-state index is 14.8. The molecule has 10 heteroatoms. The number of nitrogens with one attached hydrogen (secondary N) is 2. The van der Waals surface area contributed by atoms with E-state index < -0.39 is 39.0 Å². The number of sulfonamides is 1. The fraction of sp³-hybridized carbons (Fsp3) is 0.235. The Balaban J connectivity index is 2.07. The van der Waals surface area contributed by atoms with Crippen LogP contribution in [0.3, 0.4) is 0 Å². The van der Waals surface area contributed by atoms with Gasteiger partial charge in [0.05, 0.1) is 22.0 Å². The van der Waals surface area contributed by atoms with E-state index >= 15 is 0 Å². The Hall–Kier alpha value is -2.23. The van der Waals surface area contributed by atoms with E-state index in [1.807, 2.05) is 0 Å². The third kappa shape index (κ3) is 3.90. The smallest absolute Gasteiger partial charge is 0.232 e. The van der Waals surface area contributed by atoms with E-state index in [2.05, 4.69) is 14.7 Å². The topological polar surface area (TPSA) is 95.1 Å². The molecule has 0 radical (unpaired) electrons. The van der Waals surface area contributed by atoms with Gasteiger partial charge in [-0.15, -0.1) is 0 Å². The molecular formula is C17H16ClF2N3O3S. The number of aliphatic hydroxyl groups is 1. The number of halogens is 3. The molecule has 0 spiro atoms. The van der Waals surface area contributed by atoms with Gasteiger partial charge in [0.15, 0.2) is 5.82 Å². The monoisotopic (exact) mass is 415 g/mol. The molecule has 27 heavy (non-hydrogen) atoms. The minimum atomic E-state index is -3.78. The molecule has 0 bridgehead atoms. The zero-order valence-corrected chi connectivity index (χ0v) is 15.7. The lowest BCUT2D eigenvalue weighted by Crippen LogP contribution is -2.18. The lowest BCUT2D eigenvalue weighted by atomic mass is 10.00. The molecule has 0 saturated heterocycles.